The van der Waals surface area contributed by atoms with E-state index in [4.69, 9.17) is 5.14 Å². The third-order valence-corrected chi connectivity index (χ3v) is 8.30. The van der Waals surface area contributed by atoms with Gasteiger partial charge < -0.3 is 5.32 Å². The van der Waals surface area contributed by atoms with Gasteiger partial charge in [0.05, 0.1) is 11.4 Å². The zero-order valence-corrected chi connectivity index (χ0v) is 15.3. The number of piperazine rings is 1. The van der Waals surface area contributed by atoms with Crippen molar-refractivity contribution in [1.29, 1.82) is 0 Å². The molecular formula is C15H30N4O2S2. The van der Waals surface area contributed by atoms with Crippen molar-refractivity contribution in [1.82, 2.24) is 16.0 Å². The van der Waals surface area contributed by atoms with E-state index in [1.165, 1.54) is 18.6 Å². The number of hydrogen-bond donors (Lipinski definition) is 4. The second-order valence-corrected chi connectivity index (χ2v) is 10.4. The molecule has 2 saturated heterocycles. The van der Waals surface area contributed by atoms with Crippen molar-refractivity contribution in [2.75, 3.05) is 25.4 Å². The first-order chi connectivity index (χ1) is 11.0. The van der Waals surface area contributed by atoms with Gasteiger partial charge in [-0.2, -0.15) is 11.8 Å². The second kappa shape index (κ2) is 8.01. The number of primary sulfonamides is 1. The Bertz CT molecular complexity index is 474. The molecule has 134 valence electrons. The number of rotatable bonds is 5. The summed E-state index contributed by atoms with van der Waals surface area (Å²) in [5, 5.41) is 16.6. The van der Waals surface area contributed by atoms with E-state index in [0.29, 0.717) is 31.0 Å². The van der Waals surface area contributed by atoms with Gasteiger partial charge in [0.15, 0.2) is 0 Å². The van der Waals surface area contributed by atoms with Crippen LogP contribution in [-0.2, 0) is 10.0 Å². The van der Waals surface area contributed by atoms with Crippen LogP contribution in [0.25, 0.3) is 0 Å². The van der Waals surface area contributed by atoms with E-state index < -0.39 is 10.0 Å². The Morgan fingerprint density at radius 1 is 1.13 bits per heavy atom. The molecule has 3 aliphatic rings. The SMILES string of the molecule is NS(=O)(=O)C1CCC(C2CNCC(NCC3CCCS3)N2)CC1. The van der Waals surface area contributed by atoms with Crippen LogP contribution in [0.3, 0.4) is 0 Å². The molecule has 23 heavy (non-hydrogen) atoms. The highest BCUT2D eigenvalue weighted by Crippen LogP contribution is 2.30. The molecule has 2 aliphatic heterocycles. The van der Waals surface area contributed by atoms with E-state index in [9.17, 15) is 8.42 Å². The lowest BCUT2D eigenvalue weighted by Crippen LogP contribution is -2.63. The Kier molecular flexibility index (Phi) is 6.25. The van der Waals surface area contributed by atoms with E-state index >= 15 is 0 Å². The molecule has 0 amide bonds. The lowest BCUT2D eigenvalue weighted by molar-refractivity contribution is 0.202. The molecule has 0 radical (unpaired) electrons. The topological polar surface area (TPSA) is 96.2 Å². The smallest absolute Gasteiger partial charge is 0.211 e. The Balaban J connectivity index is 1.43. The normalized spacial score (nSPS) is 39.4. The third-order valence-electron chi connectivity index (χ3n) is 5.50. The van der Waals surface area contributed by atoms with Crippen LogP contribution in [-0.4, -0.2) is 56.5 Å². The molecule has 0 spiro atoms. The van der Waals surface area contributed by atoms with E-state index in [0.717, 1.165) is 37.7 Å². The van der Waals surface area contributed by atoms with Crippen LogP contribution < -0.4 is 21.1 Å². The fourth-order valence-corrected chi connectivity index (χ4v) is 6.24. The highest BCUT2D eigenvalue weighted by Gasteiger charge is 2.34. The van der Waals surface area contributed by atoms with Crippen LogP contribution in [0, 0.1) is 5.92 Å². The Morgan fingerprint density at radius 3 is 2.57 bits per heavy atom. The number of thioether (sulfide) groups is 1. The first-order valence-corrected chi connectivity index (χ1v) is 11.5. The van der Waals surface area contributed by atoms with Crippen LogP contribution in [0.5, 0.6) is 0 Å². The van der Waals surface area contributed by atoms with Crippen LogP contribution in [0.15, 0.2) is 0 Å². The summed E-state index contributed by atoms with van der Waals surface area (Å²) >= 11 is 2.08. The summed E-state index contributed by atoms with van der Waals surface area (Å²) in [4.78, 5) is 0. The van der Waals surface area contributed by atoms with Crippen molar-refractivity contribution < 1.29 is 8.42 Å². The van der Waals surface area contributed by atoms with Crippen molar-refractivity contribution in [2.45, 2.75) is 61.2 Å². The molecule has 8 heteroatoms. The molecule has 3 atom stereocenters. The summed E-state index contributed by atoms with van der Waals surface area (Å²) in [5.74, 6) is 1.85. The molecule has 2 heterocycles. The summed E-state index contributed by atoms with van der Waals surface area (Å²) < 4.78 is 22.9. The van der Waals surface area contributed by atoms with Crippen molar-refractivity contribution in [3.8, 4) is 0 Å². The number of nitrogens with two attached hydrogens (primary N) is 1. The lowest BCUT2D eigenvalue weighted by atomic mass is 9.83. The zero-order valence-electron chi connectivity index (χ0n) is 13.7. The summed E-state index contributed by atoms with van der Waals surface area (Å²) in [6, 6.07) is 0.430. The molecule has 3 fully saturated rings. The molecule has 0 aromatic rings. The van der Waals surface area contributed by atoms with Crippen LogP contribution >= 0.6 is 11.8 Å². The highest BCUT2D eigenvalue weighted by molar-refractivity contribution is 8.00. The Labute approximate surface area is 144 Å². The zero-order chi connectivity index (χ0) is 16.3. The quantitative estimate of drug-likeness (QED) is 0.558. The summed E-state index contributed by atoms with van der Waals surface area (Å²) in [7, 11) is -3.36. The van der Waals surface area contributed by atoms with Crippen molar-refractivity contribution in [3.05, 3.63) is 0 Å². The first kappa shape index (κ1) is 17.9. The van der Waals surface area contributed by atoms with E-state index in [1.54, 1.807) is 0 Å². The maximum Gasteiger partial charge on any atom is 0.211 e. The highest BCUT2D eigenvalue weighted by atomic mass is 32.2. The van der Waals surface area contributed by atoms with Gasteiger partial charge in [0.2, 0.25) is 10.0 Å². The molecule has 6 nitrogen and oxygen atoms in total. The van der Waals surface area contributed by atoms with Crippen molar-refractivity contribution in [2.24, 2.45) is 11.1 Å². The first-order valence-electron chi connectivity index (χ1n) is 8.86. The van der Waals surface area contributed by atoms with Gasteiger partial charge in [0.1, 0.15) is 0 Å². The summed E-state index contributed by atoms with van der Waals surface area (Å²) in [6.07, 6.45) is 6.32. The van der Waals surface area contributed by atoms with Gasteiger partial charge in [-0.15, -0.1) is 0 Å². The molecule has 3 rings (SSSR count). The monoisotopic (exact) mass is 362 g/mol. The molecule has 0 aromatic carbocycles. The standard InChI is InChI=1S/C15H30N4O2S2/c16-23(20,21)13-5-3-11(4-6-13)14-9-17-10-15(19-14)18-8-12-2-1-7-22-12/h11-15,17-19H,1-10H2,(H2,16,20,21). The average molecular weight is 363 g/mol. The van der Waals surface area contributed by atoms with Gasteiger partial charge in [-0.05, 0) is 50.2 Å². The minimum Gasteiger partial charge on any atom is -0.312 e. The van der Waals surface area contributed by atoms with Gasteiger partial charge in [0, 0.05) is 30.9 Å². The lowest BCUT2D eigenvalue weighted by Gasteiger charge is -2.39. The van der Waals surface area contributed by atoms with E-state index in [2.05, 4.69) is 27.7 Å². The molecule has 0 bridgehead atoms. The predicted molar refractivity (Wildman–Crippen MR) is 95.9 cm³/mol. The fourth-order valence-electron chi connectivity index (χ4n) is 4.09. The predicted octanol–water partition coefficient (Wildman–Crippen LogP) is 0.206. The molecule has 5 N–H and O–H groups in total. The van der Waals surface area contributed by atoms with Gasteiger partial charge in [-0.1, -0.05) is 0 Å². The van der Waals surface area contributed by atoms with Gasteiger partial charge >= 0.3 is 0 Å². The average Bonchev–Trinajstić information content (AvgIpc) is 3.06. The largest absolute Gasteiger partial charge is 0.312 e. The maximum absolute atomic E-state index is 11.5. The summed E-state index contributed by atoms with van der Waals surface area (Å²) in [6.45, 7) is 3.01. The van der Waals surface area contributed by atoms with Gasteiger partial charge in [-0.25, -0.2) is 13.6 Å². The third kappa shape index (κ3) is 5.06. The number of sulfonamides is 1. The molecular weight excluding hydrogens is 332 g/mol. The van der Waals surface area contributed by atoms with E-state index in [-0.39, 0.29) is 5.25 Å². The van der Waals surface area contributed by atoms with Crippen LogP contribution in [0.1, 0.15) is 38.5 Å². The fraction of sp³-hybridized carbons (Fsp3) is 1.00. The Hall–Kier alpha value is 0.140. The van der Waals surface area contributed by atoms with Crippen molar-refractivity contribution in [3.63, 3.8) is 0 Å². The van der Waals surface area contributed by atoms with Crippen LogP contribution in [0.2, 0.25) is 0 Å². The maximum atomic E-state index is 11.5. The molecule has 0 aromatic heterocycles. The summed E-state index contributed by atoms with van der Waals surface area (Å²) in [5.41, 5.74) is 0. The van der Waals surface area contributed by atoms with Crippen LogP contribution in [0.4, 0.5) is 0 Å². The van der Waals surface area contributed by atoms with Gasteiger partial charge in [-0.3, -0.25) is 10.6 Å². The van der Waals surface area contributed by atoms with E-state index in [1.807, 2.05) is 0 Å². The van der Waals surface area contributed by atoms with Crippen molar-refractivity contribution >= 4 is 21.8 Å². The molecule has 3 unspecified atom stereocenters. The molecule has 1 aliphatic carbocycles. The second-order valence-electron chi connectivity index (χ2n) is 7.15. The number of hydrogen-bond acceptors (Lipinski definition) is 6. The number of nitrogens with one attached hydrogen (secondary N) is 3. The minimum atomic E-state index is -3.36. The molecule has 1 saturated carbocycles. The minimum absolute atomic E-state index is 0.325. The van der Waals surface area contributed by atoms with Gasteiger partial charge in [0.25, 0.3) is 0 Å². The Morgan fingerprint density at radius 2 is 1.91 bits per heavy atom.